The molecule has 3 aromatic rings. The summed E-state index contributed by atoms with van der Waals surface area (Å²) in [7, 11) is 1.58. The molecule has 9 heteroatoms. The number of hydrogen-bond acceptors (Lipinski definition) is 6. The van der Waals surface area contributed by atoms with Gasteiger partial charge in [-0.3, -0.25) is 4.98 Å². The Balaban J connectivity index is 1.92. The summed E-state index contributed by atoms with van der Waals surface area (Å²) in [6.45, 7) is 2.84. The summed E-state index contributed by atoms with van der Waals surface area (Å²) < 4.78 is 13.3. The number of rotatable bonds is 7. The quantitative estimate of drug-likeness (QED) is 0.596. The van der Waals surface area contributed by atoms with Crippen LogP contribution in [-0.4, -0.2) is 33.6 Å². The van der Waals surface area contributed by atoms with Crippen molar-refractivity contribution >= 4 is 23.8 Å². The van der Waals surface area contributed by atoms with E-state index in [1.165, 1.54) is 0 Å². The smallest absolute Gasteiger partial charge is 0.214 e. The first-order chi connectivity index (χ1) is 12.6. The fourth-order valence-electron chi connectivity index (χ4n) is 2.52. The van der Waals surface area contributed by atoms with Crippen LogP contribution < -0.4 is 14.9 Å². The zero-order valence-corrected chi connectivity index (χ0v) is 15.9. The van der Waals surface area contributed by atoms with Crippen LogP contribution in [-0.2, 0) is 6.54 Å². The molecular weight excluding hydrogens is 374 g/mol. The van der Waals surface area contributed by atoms with Gasteiger partial charge in [-0.15, -0.1) is 0 Å². The van der Waals surface area contributed by atoms with Gasteiger partial charge in [0.1, 0.15) is 0 Å². The number of aromatic nitrogens is 4. The molecule has 136 valence electrons. The molecule has 2 aromatic heterocycles. The van der Waals surface area contributed by atoms with Crippen LogP contribution in [0.2, 0.25) is 5.02 Å². The van der Waals surface area contributed by atoms with Crippen LogP contribution >= 0.6 is 23.8 Å². The molecule has 0 spiro atoms. The van der Waals surface area contributed by atoms with E-state index in [2.05, 4.69) is 20.6 Å². The number of nitrogens with zero attached hydrogens (tertiary/aromatic N) is 3. The number of benzene rings is 1. The van der Waals surface area contributed by atoms with Crippen LogP contribution in [0.1, 0.15) is 12.5 Å². The molecule has 3 rings (SSSR count). The minimum absolute atomic E-state index is 0.415. The molecule has 0 saturated heterocycles. The van der Waals surface area contributed by atoms with Crippen molar-refractivity contribution in [2.75, 3.05) is 19.1 Å². The van der Waals surface area contributed by atoms with Gasteiger partial charge in [0.25, 0.3) is 0 Å². The Labute approximate surface area is 160 Å². The lowest BCUT2D eigenvalue weighted by Gasteiger charge is -2.16. The van der Waals surface area contributed by atoms with Gasteiger partial charge in [0.2, 0.25) is 4.77 Å². The van der Waals surface area contributed by atoms with Crippen LogP contribution in [0.5, 0.6) is 11.5 Å². The minimum Gasteiger partial charge on any atom is -0.493 e. The number of methoxy groups -OCH3 is 1. The fourth-order valence-corrected chi connectivity index (χ4v) is 2.94. The lowest BCUT2D eigenvalue weighted by atomic mass is 10.2. The van der Waals surface area contributed by atoms with Gasteiger partial charge in [0.05, 0.1) is 20.3 Å². The number of aromatic amines is 1. The number of nitrogens with one attached hydrogen (secondary N) is 2. The second-order valence-corrected chi connectivity index (χ2v) is 6.11. The normalized spacial score (nSPS) is 10.6. The molecule has 1 aromatic carbocycles. The van der Waals surface area contributed by atoms with Gasteiger partial charge in [-0.1, -0.05) is 11.6 Å². The molecule has 0 bridgehead atoms. The molecule has 0 aliphatic rings. The molecule has 0 aliphatic carbocycles. The van der Waals surface area contributed by atoms with Crippen molar-refractivity contribution in [2.45, 2.75) is 13.5 Å². The summed E-state index contributed by atoms with van der Waals surface area (Å²) in [6.07, 6.45) is 3.40. The molecule has 0 amide bonds. The van der Waals surface area contributed by atoms with E-state index in [4.69, 9.17) is 33.3 Å². The monoisotopic (exact) mass is 391 g/mol. The van der Waals surface area contributed by atoms with Crippen molar-refractivity contribution in [2.24, 2.45) is 0 Å². The van der Waals surface area contributed by atoms with E-state index in [1.54, 1.807) is 30.2 Å². The topological polar surface area (TPSA) is 77.0 Å². The Kier molecular flexibility index (Phi) is 5.75. The van der Waals surface area contributed by atoms with Gasteiger partial charge < -0.3 is 14.9 Å². The minimum atomic E-state index is 0.415. The van der Waals surface area contributed by atoms with Gasteiger partial charge >= 0.3 is 0 Å². The van der Waals surface area contributed by atoms with Crippen molar-refractivity contribution in [1.82, 2.24) is 19.9 Å². The van der Waals surface area contributed by atoms with E-state index < -0.39 is 0 Å². The van der Waals surface area contributed by atoms with Crippen molar-refractivity contribution < 1.29 is 9.47 Å². The van der Waals surface area contributed by atoms with E-state index >= 15 is 0 Å². The molecule has 2 heterocycles. The number of ether oxygens (including phenoxy) is 2. The number of pyridine rings is 1. The summed E-state index contributed by atoms with van der Waals surface area (Å²) in [5, 5.41) is 7.64. The third-order valence-corrected chi connectivity index (χ3v) is 4.14. The van der Waals surface area contributed by atoms with Crippen molar-refractivity contribution in [3.63, 3.8) is 0 Å². The largest absolute Gasteiger partial charge is 0.493 e. The third-order valence-electron chi connectivity index (χ3n) is 3.64. The zero-order chi connectivity index (χ0) is 18.5. The van der Waals surface area contributed by atoms with Gasteiger partial charge in [-0.2, -0.15) is 5.10 Å². The number of H-pyrrole nitrogens is 1. The Morgan fingerprint density at radius 1 is 1.31 bits per heavy atom. The predicted molar refractivity (Wildman–Crippen MR) is 103 cm³/mol. The summed E-state index contributed by atoms with van der Waals surface area (Å²) in [5.74, 6) is 1.89. The lowest BCUT2D eigenvalue weighted by Crippen LogP contribution is -2.17. The Morgan fingerprint density at radius 3 is 2.77 bits per heavy atom. The van der Waals surface area contributed by atoms with E-state index in [0.717, 1.165) is 11.1 Å². The highest BCUT2D eigenvalue weighted by atomic mass is 35.5. The summed E-state index contributed by atoms with van der Waals surface area (Å²) in [6, 6.07) is 7.27. The van der Waals surface area contributed by atoms with Gasteiger partial charge in [0.15, 0.2) is 17.3 Å². The molecule has 0 unspecified atom stereocenters. The van der Waals surface area contributed by atoms with Crippen LogP contribution in [0, 0.1) is 4.77 Å². The van der Waals surface area contributed by atoms with E-state index in [9.17, 15) is 0 Å². The fraction of sp³-hybridized carbons (Fsp3) is 0.235. The Bertz CT molecular complexity index is 942. The highest BCUT2D eigenvalue weighted by Crippen LogP contribution is 2.35. The zero-order valence-electron chi connectivity index (χ0n) is 14.3. The van der Waals surface area contributed by atoms with Crippen LogP contribution in [0.3, 0.4) is 0 Å². The molecule has 0 saturated carbocycles. The van der Waals surface area contributed by atoms with E-state index in [0.29, 0.717) is 40.3 Å². The second kappa shape index (κ2) is 8.20. The van der Waals surface area contributed by atoms with Crippen molar-refractivity contribution in [1.29, 1.82) is 0 Å². The summed E-state index contributed by atoms with van der Waals surface area (Å²) >= 11 is 11.5. The van der Waals surface area contributed by atoms with Crippen LogP contribution in [0.4, 0.5) is 0 Å². The Hall–Kier alpha value is -2.58. The van der Waals surface area contributed by atoms with Crippen LogP contribution in [0.15, 0.2) is 36.7 Å². The highest BCUT2D eigenvalue weighted by molar-refractivity contribution is 7.71. The summed E-state index contributed by atoms with van der Waals surface area (Å²) in [5.41, 5.74) is 4.99. The average molecular weight is 392 g/mol. The number of halogens is 1. The van der Waals surface area contributed by atoms with E-state index in [1.807, 2.05) is 25.1 Å². The van der Waals surface area contributed by atoms with E-state index in [-0.39, 0.29) is 0 Å². The SMILES string of the molecule is CCOc1c(CNn2c(-c3ccncc3)n[nH]c2=S)cc(Cl)cc1OC. The van der Waals surface area contributed by atoms with Crippen LogP contribution in [0.25, 0.3) is 11.4 Å². The molecule has 0 radical (unpaired) electrons. The number of hydrogen-bond donors (Lipinski definition) is 2. The molecule has 26 heavy (non-hydrogen) atoms. The molecular formula is C17H18ClN5O2S. The summed E-state index contributed by atoms with van der Waals surface area (Å²) in [4.78, 5) is 4.02. The maximum Gasteiger partial charge on any atom is 0.214 e. The second-order valence-electron chi connectivity index (χ2n) is 5.29. The molecule has 0 atom stereocenters. The standard InChI is InChI=1S/C17H18ClN5O2S/c1-3-25-15-12(8-13(18)9-14(15)24-2)10-20-23-16(21-22-17(23)26)11-4-6-19-7-5-11/h4-9,20H,3,10H2,1-2H3,(H,22,26). The average Bonchev–Trinajstić information content (AvgIpc) is 3.03. The first-order valence-corrected chi connectivity index (χ1v) is 8.73. The molecule has 0 aliphatic heterocycles. The first kappa shape index (κ1) is 18.2. The van der Waals surface area contributed by atoms with Gasteiger partial charge in [-0.05, 0) is 37.3 Å². The molecule has 7 nitrogen and oxygen atoms in total. The predicted octanol–water partition coefficient (Wildman–Crippen LogP) is 3.81. The molecule has 2 N–H and O–H groups in total. The highest BCUT2D eigenvalue weighted by Gasteiger charge is 2.14. The Morgan fingerprint density at radius 2 is 2.08 bits per heavy atom. The maximum atomic E-state index is 6.20. The van der Waals surface area contributed by atoms with Crippen molar-refractivity contribution in [3.8, 4) is 22.9 Å². The first-order valence-electron chi connectivity index (χ1n) is 7.95. The van der Waals surface area contributed by atoms with Gasteiger partial charge in [-0.25, -0.2) is 9.77 Å². The van der Waals surface area contributed by atoms with Crippen molar-refractivity contribution in [3.05, 3.63) is 52.0 Å². The molecule has 0 fully saturated rings. The van der Waals surface area contributed by atoms with Gasteiger partial charge in [0, 0.05) is 34.6 Å². The lowest BCUT2D eigenvalue weighted by molar-refractivity contribution is 0.307. The third kappa shape index (κ3) is 3.81. The maximum absolute atomic E-state index is 6.20.